The van der Waals surface area contributed by atoms with E-state index >= 15 is 0 Å². The molecule has 0 amide bonds. The Bertz CT molecular complexity index is 465. The van der Waals surface area contributed by atoms with Crippen LogP contribution < -0.4 is 0 Å². The van der Waals surface area contributed by atoms with Crippen LogP contribution in [0.2, 0.25) is 0 Å². The van der Waals surface area contributed by atoms with E-state index in [9.17, 15) is 4.79 Å². The number of carbonyl (C=O) groups is 1. The molecule has 0 spiro atoms. The average Bonchev–Trinajstić information content (AvgIpc) is 2.39. The summed E-state index contributed by atoms with van der Waals surface area (Å²) in [5, 5.41) is 0. The van der Waals surface area contributed by atoms with Crippen molar-refractivity contribution in [1.29, 1.82) is 0 Å². The molecule has 0 saturated heterocycles. The SMILES string of the molecule is O=C(c1ccccc1)C([SeH])c1ccccc1. The van der Waals surface area contributed by atoms with Crippen molar-refractivity contribution in [1.82, 2.24) is 0 Å². The van der Waals surface area contributed by atoms with Gasteiger partial charge < -0.3 is 0 Å². The maximum absolute atomic E-state index is 12.1. The molecule has 2 aromatic rings. The molecule has 1 atom stereocenters. The monoisotopic (exact) mass is 276 g/mol. The minimum absolute atomic E-state index is 0.143. The molecule has 0 bridgehead atoms. The molecule has 80 valence electrons. The Balaban J connectivity index is 2.24. The number of hydrogen-bond donors (Lipinski definition) is 0. The molecule has 0 aliphatic rings. The summed E-state index contributed by atoms with van der Waals surface area (Å²) < 4.78 is 0. The quantitative estimate of drug-likeness (QED) is 0.621. The zero-order valence-corrected chi connectivity index (χ0v) is 10.6. The van der Waals surface area contributed by atoms with Gasteiger partial charge in [0.15, 0.2) is 0 Å². The molecule has 16 heavy (non-hydrogen) atoms. The van der Waals surface area contributed by atoms with Crippen molar-refractivity contribution in [2.75, 3.05) is 0 Å². The Morgan fingerprint density at radius 2 is 1.38 bits per heavy atom. The second-order valence-electron chi connectivity index (χ2n) is 3.54. The molecule has 0 saturated carbocycles. The van der Waals surface area contributed by atoms with Crippen LogP contribution in [0.4, 0.5) is 0 Å². The summed E-state index contributed by atoms with van der Waals surface area (Å²) in [6, 6.07) is 19.2. The van der Waals surface area contributed by atoms with E-state index in [0.717, 1.165) is 11.1 Å². The van der Waals surface area contributed by atoms with Gasteiger partial charge >= 0.3 is 103 Å². The summed E-state index contributed by atoms with van der Waals surface area (Å²) in [7, 11) is 0. The van der Waals surface area contributed by atoms with Crippen LogP contribution in [0, 0.1) is 0 Å². The summed E-state index contributed by atoms with van der Waals surface area (Å²) >= 11 is 2.45. The fourth-order valence-corrected chi connectivity index (χ4v) is 2.22. The average molecular weight is 275 g/mol. The van der Waals surface area contributed by atoms with E-state index < -0.39 is 0 Å². The standard InChI is InChI=1S/C14H12OSe/c15-13(11-7-3-1-4-8-11)14(16)12-9-5-2-6-10-12/h1-10,14,16H. The third-order valence-corrected chi connectivity index (χ3v) is 3.54. The number of benzene rings is 2. The van der Waals surface area contributed by atoms with Gasteiger partial charge in [0.2, 0.25) is 0 Å². The molecule has 1 nitrogen and oxygen atoms in total. The maximum atomic E-state index is 12.1. The van der Waals surface area contributed by atoms with Gasteiger partial charge in [-0.15, -0.1) is 0 Å². The second kappa shape index (κ2) is 5.11. The Labute approximate surface area is 103 Å². The summed E-state index contributed by atoms with van der Waals surface area (Å²) in [5.74, 6) is 0.145. The van der Waals surface area contributed by atoms with Crippen LogP contribution in [0.5, 0.6) is 0 Å². The number of hydrogen-bond acceptors (Lipinski definition) is 1. The van der Waals surface area contributed by atoms with E-state index in [-0.39, 0.29) is 10.6 Å². The van der Waals surface area contributed by atoms with Gasteiger partial charge in [-0.2, -0.15) is 0 Å². The molecule has 0 radical (unpaired) electrons. The first kappa shape index (κ1) is 11.1. The molecule has 0 heterocycles. The van der Waals surface area contributed by atoms with Crippen LogP contribution in [0.25, 0.3) is 0 Å². The fraction of sp³-hybridized carbons (Fsp3) is 0.0714. The van der Waals surface area contributed by atoms with Crippen LogP contribution in [0.3, 0.4) is 0 Å². The van der Waals surface area contributed by atoms with Crippen molar-refractivity contribution in [2.45, 2.75) is 4.82 Å². The first-order chi connectivity index (χ1) is 7.79. The zero-order valence-electron chi connectivity index (χ0n) is 8.71. The van der Waals surface area contributed by atoms with Crippen molar-refractivity contribution in [3.05, 3.63) is 71.8 Å². The van der Waals surface area contributed by atoms with Gasteiger partial charge in [0.1, 0.15) is 0 Å². The van der Waals surface area contributed by atoms with Gasteiger partial charge in [-0.05, 0) is 0 Å². The number of carbonyl (C=O) groups excluding carboxylic acids is 1. The molecule has 1 unspecified atom stereocenters. The minimum atomic E-state index is -0.143. The third kappa shape index (κ3) is 2.41. The van der Waals surface area contributed by atoms with Crippen LogP contribution >= 0.6 is 0 Å². The first-order valence-corrected chi connectivity index (χ1v) is 6.19. The fourth-order valence-electron chi connectivity index (χ4n) is 1.55. The molecular formula is C14H12OSe. The van der Waals surface area contributed by atoms with Crippen molar-refractivity contribution in [3.8, 4) is 0 Å². The van der Waals surface area contributed by atoms with Crippen LogP contribution in [0.1, 0.15) is 20.7 Å². The zero-order chi connectivity index (χ0) is 11.4. The van der Waals surface area contributed by atoms with Crippen molar-refractivity contribution in [3.63, 3.8) is 0 Å². The Hall–Kier alpha value is -1.37. The van der Waals surface area contributed by atoms with E-state index in [1.165, 1.54) is 0 Å². The van der Waals surface area contributed by atoms with E-state index in [0.29, 0.717) is 0 Å². The molecule has 2 rings (SSSR count). The summed E-state index contributed by atoms with van der Waals surface area (Å²) in [6.45, 7) is 0. The van der Waals surface area contributed by atoms with E-state index in [1.807, 2.05) is 60.7 Å². The van der Waals surface area contributed by atoms with Gasteiger partial charge in [-0.3, -0.25) is 0 Å². The van der Waals surface area contributed by atoms with Crippen LogP contribution in [-0.2, 0) is 0 Å². The van der Waals surface area contributed by atoms with E-state index in [4.69, 9.17) is 0 Å². The topological polar surface area (TPSA) is 17.1 Å². The summed E-state index contributed by atoms with van der Waals surface area (Å²) in [5.41, 5.74) is 1.80. The molecule has 0 aliphatic carbocycles. The van der Waals surface area contributed by atoms with Gasteiger partial charge in [0.25, 0.3) is 0 Å². The molecule has 2 heteroatoms. The second-order valence-corrected chi connectivity index (χ2v) is 4.63. The number of rotatable bonds is 3. The predicted molar refractivity (Wildman–Crippen MR) is 67.1 cm³/mol. The van der Waals surface area contributed by atoms with Gasteiger partial charge in [-0.1, -0.05) is 0 Å². The van der Waals surface area contributed by atoms with Gasteiger partial charge in [0, 0.05) is 0 Å². The third-order valence-electron chi connectivity index (χ3n) is 2.42. The Morgan fingerprint density at radius 1 is 0.875 bits per heavy atom. The van der Waals surface area contributed by atoms with Crippen molar-refractivity contribution >= 4 is 21.8 Å². The van der Waals surface area contributed by atoms with Gasteiger partial charge in [-0.25, -0.2) is 0 Å². The van der Waals surface area contributed by atoms with E-state index in [1.54, 1.807) is 0 Å². The van der Waals surface area contributed by atoms with Crippen molar-refractivity contribution < 1.29 is 4.79 Å². The molecule has 0 aromatic heterocycles. The summed E-state index contributed by atoms with van der Waals surface area (Å²) in [4.78, 5) is 12.0. The molecule has 2 aromatic carbocycles. The molecule has 0 fully saturated rings. The normalized spacial score (nSPS) is 12.1. The molecule has 0 N–H and O–H groups in total. The van der Waals surface area contributed by atoms with Crippen molar-refractivity contribution in [2.24, 2.45) is 0 Å². The van der Waals surface area contributed by atoms with E-state index in [2.05, 4.69) is 16.0 Å². The summed E-state index contributed by atoms with van der Waals surface area (Å²) in [6.07, 6.45) is 0. The molecule has 0 aliphatic heterocycles. The van der Waals surface area contributed by atoms with Crippen LogP contribution in [-0.4, -0.2) is 21.8 Å². The molecular weight excluding hydrogens is 263 g/mol. The number of ketones is 1. The number of Topliss-reactive ketones (excluding diaryl/α,β-unsaturated/α-hetero) is 1. The predicted octanol–water partition coefficient (Wildman–Crippen LogP) is 2.51. The Kier molecular flexibility index (Phi) is 3.55. The Morgan fingerprint density at radius 3 is 1.94 bits per heavy atom. The van der Waals surface area contributed by atoms with Gasteiger partial charge in [0.05, 0.1) is 0 Å². The van der Waals surface area contributed by atoms with Crippen LogP contribution in [0.15, 0.2) is 60.7 Å². The first-order valence-electron chi connectivity index (χ1n) is 5.11.